The van der Waals surface area contributed by atoms with Crippen molar-refractivity contribution >= 4 is 11.9 Å². The molecule has 4 heteroatoms. The Kier molecular flexibility index (Phi) is 6.57. The molecule has 0 heterocycles. The third-order valence-electron chi connectivity index (χ3n) is 9.78. The smallest absolute Gasteiger partial charge is 0.305 e. The van der Waals surface area contributed by atoms with Gasteiger partial charge in [0.25, 0.3) is 0 Å². The molecule has 4 rings (SSSR count). The fourth-order valence-corrected chi connectivity index (χ4v) is 8.29. The summed E-state index contributed by atoms with van der Waals surface area (Å²) in [4.78, 5) is 23.1. The molecule has 4 aliphatic rings. The zero-order chi connectivity index (χ0) is 22.3. The summed E-state index contributed by atoms with van der Waals surface area (Å²) in [5, 5.41) is 0. The van der Waals surface area contributed by atoms with Crippen LogP contribution in [0.1, 0.15) is 91.9 Å². The van der Waals surface area contributed by atoms with Gasteiger partial charge >= 0.3 is 11.9 Å². The fourth-order valence-electron chi connectivity index (χ4n) is 8.29. The normalized spacial score (nSPS) is 40.4. The third-order valence-corrected chi connectivity index (χ3v) is 9.78. The second-order valence-corrected chi connectivity index (χ2v) is 11.3. The highest BCUT2D eigenvalue weighted by molar-refractivity contribution is 5.69. The molecule has 0 N–H and O–H groups in total. The molecule has 3 fully saturated rings. The molecule has 0 aliphatic heterocycles. The number of hydrogen-bond donors (Lipinski definition) is 0. The molecular weight excluding hydrogens is 388 g/mol. The van der Waals surface area contributed by atoms with Crippen LogP contribution in [0.5, 0.6) is 0 Å². The van der Waals surface area contributed by atoms with Crippen molar-refractivity contribution in [3.05, 3.63) is 11.1 Å². The van der Waals surface area contributed by atoms with E-state index in [9.17, 15) is 9.59 Å². The number of hydrogen-bond acceptors (Lipinski definition) is 4. The molecule has 0 unspecified atom stereocenters. The maximum Gasteiger partial charge on any atom is 0.305 e. The molecule has 0 aromatic carbocycles. The average molecular weight is 431 g/mol. The molecular formula is C27H42O4. The number of ether oxygens (including phenoxy) is 2. The van der Waals surface area contributed by atoms with Gasteiger partial charge in [-0.2, -0.15) is 0 Å². The number of methoxy groups -OCH3 is 1. The highest BCUT2D eigenvalue weighted by Gasteiger charge is 2.56. The van der Waals surface area contributed by atoms with Gasteiger partial charge in [-0.1, -0.05) is 31.9 Å². The Labute approximate surface area is 188 Å². The van der Waals surface area contributed by atoms with Crippen LogP contribution in [0.4, 0.5) is 0 Å². The van der Waals surface area contributed by atoms with Crippen molar-refractivity contribution in [1.82, 2.24) is 0 Å². The Morgan fingerprint density at radius 1 is 1.16 bits per heavy atom. The summed E-state index contributed by atoms with van der Waals surface area (Å²) >= 11 is 0. The van der Waals surface area contributed by atoms with Crippen LogP contribution in [0.15, 0.2) is 11.1 Å². The molecule has 0 saturated heterocycles. The largest absolute Gasteiger partial charge is 0.469 e. The third kappa shape index (κ3) is 4.20. The van der Waals surface area contributed by atoms with E-state index in [4.69, 9.17) is 9.47 Å². The van der Waals surface area contributed by atoms with Crippen LogP contribution in [0.2, 0.25) is 0 Å². The predicted octanol–water partition coefficient (Wildman–Crippen LogP) is 6.09. The quantitative estimate of drug-likeness (QED) is 0.391. The summed E-state index contributed by atoms with van der Waals surface area (Å²) in [5.41, 5.74) is 3.85. The van der Waals surface area contributed by atoms with Gasteiger partial charge in [-0.05, 0) is 98.7 Å². The van der Waals surface area contributed by atoms with Crippen LogP contribution in [-0.4, -0.2) is 25.2 Å². The van der Waals surface area contributed by atoms with E-state index in [-0.39, 0.29) is 18.0 Å². The highest BCUT2D eigenvalue weighted by Crippen LogP contribution is 2.64. The van der Waals surface area contributed by atoms with Crippen molar-refractivity contribution < 1.29 is 19.1 Å². The van der Waals surface area contributed by atoms with E-state index in [1.165, 1.54) is 45.6 Å². The fraction of sp³-hybridized carbons (Fsp3) is 0.852. The van der Waals surface area contributed by atoms with Crippen molar-refractivity contribution in [1.29, 1.82) is 0 Å². The summed E-state index contributed by atoms with van der Waals surface area (Å²) < 4.78 is 10.5. The zero-order valence-corrected chi connectivity index (χ0v) is 20.2. The number of allylic oxidation sites excluding steroid dienone is 2. The van der Waals surface area contributed by atoms with Crippen LogP contribution >= 0.6 is 0 Å². The van der Waals surface area contributed by atoms with E-state index in [0.717, 1.165) is 37.0 Å². The van der Waals surface area contributed by atoms with Crippen molar-refractivity contribution in [2.75, 3.05) is 7.11 Å². The van der Waals surface area contributed by atoms with Gasteiger partial charge in [-0.25, -0.2) is 0 Å². The zero-order valence-electron chi connectivity index (χ0n) is 20.2. The number of carbonyl (C=O) groups is 2. The molecule has 0 radical (unpaired) electrons. The summed E-state index contributed by atoms with van der Waals surface area (Å²) in [7, 11) is 1.49. The molecule has 174 valence electrons. The first-order valence-electron chi connectivity index (χ1n) is 12.7. The monoisotopic (exact) mass is 430 g/mol. The van der Waals surface area contributed by atoms with Gasteiger partial charge in [0.1, 0.15) is 6.10 Å². The van der Waals surface area contributed by atoms with Crippen molar-refractivity contribution in [2.24, 2.45) is 40.9 Å². The van der Waals surface area contributed by atoms with Crippen LogP contribution in [0, 0.1) is 40.9 Å². The second-order valence-electron chi connectivity index (χ2n) is 11.3. The number of esters is 2. The average Bonchev–Trinajstić information content (AvgIpc) is 3.18. The van der Waals surface area contributed by atoms with Gasteiger partial charge < -0.3 is 9.47 Å². The molecule has 0 bridgehead atoms. The Balaban J connectivity index is 1.50. The van der Waals surface area contributed by atoms with Crippen LogP contribution < -0.4 is 0 Å². The topological polar surface area (TPSA) is 52.6 Å². The van der Waals surface area contributed by atoms with Crippen molar-refractivity contribution in [2.45, 2.75) is 98.0 Å². The number of rotatable bonds is 5. The minimum Gasteiger partial charge on any atom is -0.469 e. The lowest BCUT2D eigenvalue weighted by molar-refractivity contribution is -0.156. The van der Waals surface area contributed by atoms with E-state index in [2.05, 4.69) is 20.8 Å². The second kappa shape index (κ2) is 8.90. The summed E-state index contributed by atoms with van der Waals surface area (Å²) in [6, 6.07) is 0. The molecule has 4 aliphatic carbocycles. The van der Waals surface area contributed by atoms with Gasteiger partial charge in [0, 0.05) is 13.3 Å². The van der Waals surface area contributed by atoms with Gasteiger partial charge in [-0.3, -0.25) is 9.59 Å². The molecule has 0 aromatic heterocycles. The lowest BCUT2D eigenvalue weighted by Gasteiger charge is -2.59. The minimum absolute atomic E-state index is 0.0839. The molecule has 0 amide bonds. The first-order chi connectivity index (χ1) is 14.7. The van der Waals surface area contributed by atoms with Crippen molar-refractivity contribution in [3.63, 3.8) is 0 Å². The van der Waals surface area contributed by atoms with Gasteiger partial charge in [0.05, 0.1) is 7.11 Å². The van der Waals surface area contributed by atoms with E-state index >= 15 is 0 Å². The van der Waals surface area contributed by atoms with E-state index in [0.29, 0.717) is 29.6 Å². The van der Waals surface area contributed by atoms with E-state index in [1.807, 2.05) is 0 Å². The molecule has 0 aromatic rings. The maximum absolute atomic E-state index is 11.7. The van der Waals surface area contributed by atoms with E-state index < -0.39 is 0 Å². The summed E-state index contributed by atoms with van der Waals surface area (Å²) in [6.07, 6.45) is 11.4. The van der Waals surface area contributed by atoms with Crippen molar-refractivity contribution in [3.8, 4) is 0 Å². The van der Waals surface area contributed by atoms with Gasteiger partial charge in [0.15, 0.2) is 0 Å². The van der Waals surface area contributed by atoms with Crippen LogP contribution in [-0.2, 0) is 19.1 Å². The summed E-state index contributed by atoms with van der Waals surface area (Å²) in [5.74, 6) is 4.02. The Morgan fingerprint density at radius 2 is 1.94 bits per heavy atom. The standard InChI is InChI=1S/C27H42O4/c1-16(6-11-25(29)30-5)21-9-10-23-22-8-7-19-15-20(31-18(3)28)12-13-27(19,4)24(22)14-17(2)26(21)23/h16-17,19-20,22-24H,6-15H2,1-5H3/t16-,17-,19-,20-,22+,23+,24+,27+/m1/s1. The Hall–Kier alpha value is -1.32. The minimum atomic E-state index is -0.122. The Bertz CT molecular complexity index is 740. The lowest BCUT2D eigenvalue weighted by atomic mass is 9.46. The van der Waals surface area contributed by atoms with Gasteiger partial charge in [0.2, 0.25) is 0 Å². The van der Waals surface area contributed by atoms with Gasteiger partial charge in [-0.15, -0.1) is 0 Å². The molecule has 4 nitrogen and oxygen atoms in total. The Morgan fingerprint density at radius 3 is 2.65 bits per heavy atom. The first-order valence-corrected chi connectivity index (χ1v) is 12.7. The molecule has 0 spiro atoms. The number of carbonyl (C=O) groups excluding carboxylic acids is 2. The highest BCUT2D eigenvalue weighted by atomic mass is 16.5. The maximum atomic E-state index is 11.7. The van der Waals surface area contributed by atoms with E-state index in [1.54, 1.807) is 18.1 Å². The van der Waals surface area contributed by atoms with Crippen LogP contribution in [0.25, 0.3) is 0 Å². The first kappa shape index (κ1) is 22.9. The lowest BCUT2D eigenvalue weighted by Crippen LogP contribution is -2.52. The van der Waals surface area contributed by atoms with Crippen LogP contribution in [0.3, 0.4) is 0 Å². The summed E-state index contributed by atoms with van der Waals surface area (Å²) in [6.45, 7) is 8.90. The predicted molar refractivity (Wildman–Crippen MR) is 121 cm³/mol. The number of fused-ring (bicyclic) bond motifs is 5. The molecule has 31 heavy (non-hydrogen) atoms. The molecule has 8 atom stereocenters. The SMILES string of the molecule is COC(=O)CC[C@@H](C)C1=C2[C@H](C)C[C@H]3[C@@H](CC[C@@H]4C[C@H](OC(C)=O)CC[C@@]43C)[C@@H]2CC1. The molecule has 3 saturated carbocycles.